The van der Waals surface area contributed by atoms with Gasteiger partial charge in [-0.1, -0.05) is 32.6 Å². The van der Waals surface area contributed by atoms with Crippen LogP contribution in [0.15, 0.2) is 10.8 Å². The minimum atomic E-state index is -4.02. The average Bonchev–Trinajstić information content (AvgIpc) is 2.99. The first kappa shape index (κ1) is 23.2. The van der Waals surface area contributed by atoms with E-state index in [9.17, 15) is 13.0 Å². The van der Waals surface area contributed by atoms with Crippen LogP contribution >= 0.6 is 11.3 Å². The van der Waals surface area contributed by atoms with Gasteiger partial charge >= 0.3 is 0 Å². The van der Waals surface area contributed by atoms with Crippen LogP contribution in [0.1, 0.15) is 45.4 Å². The Kier molecular flexibility index (Phi) is 10.9. The second kappa shape index (κ2) is 11.8. The molecule has 1 aliphatic heterocycles. The predicted molar refractivity (Wildman–Crippen MR) is 99.5 cm³/mol. The molecule has 0 spiro atoms. The Hall–Kier alpha value is 0.170. The zero-order valence-electron chi connectivity index (χ0n) is 15.0. The Morgan fingerprint density at radius 2 is 2.04 bits per heavy atom. The van der Waals surface area contributed by atoms with Gasteiger partial charge in [-0.25, -0.2) is 0 Å². The molecule has 2 atom stereocenters. The number of fused-ring (bicyclic) bond motifs is 1. The van der Waals surface area contributed by atoms with E-state index in [1.165, 1.54) is 11.3 Å². The Balaban J connectivity index is 0.00000312. The van der Waals surface area contributed by atoms with Crippen molar-refractivity contribution in [2.45, 2.75) is 56.8 Å². The van der Waals surface area contributed by atoms with Gasteiger partial charge in [0, 0.05) is 46.9 Å². The van der Waals surface area contributed by atoms with Crippen molar-refractivity contribution in [2.24, 2.45) is 0 Å². The topological polar surface area (TPSA) is 82.1 Å². The summed E-state index contributed by atoms with van der Waals surface area (Å²) >= 11 is 1.52. The third kappa shape index (κ3) is 8.15. The number of hydrogen-bond donors (Lipinski definition) is 1. The first-order chi connectivity index (χ1) is 11.5. The van der Waals surface area contributed by atoms with Crippen LogP contribution < -0.4 is 9.47 Å². The zero-order chi connectivity index (χ0) is 17.4. The van der Waals surface area contributed by atoms with Gasteiger partial charge in [0.1, 0.15) is 6.61 Å². The molecular weight excluding hydrogens is 375 g/mol. The van der Waals surface area contributed by atoms with Crippen LogP contribution in [0.4, 0.5) is 0 Å². The second-order valence-corrected chi connectivity index (χ2v) is 8.44. The standard InChI is InChI=1S/C16H26O6S2.Na/c1-2-3-4-5-6-14(24(17,18)19)7-8-20-9-13-10-21-15-11-23-12-16(15)22-13;/h11-14H,2-10H2,1H3,(H,17,18,19);. The number of unbranched alkanes of at least 4 members (excludes halogenated alkanes) is 3. The van der Waals surface area contributed by atoms with Gasteiger partial charge < -0.3 is 14.2 Å². The molecule has 1 aromatic rings. The van der Waals surface area contributed by atoms with E-state index in [0.29, 0.717) is 26.1 Å². The average molecular weight is 402 g/mol. The van der Waals surface area contributed by atoms with Crippen LogP contribution in [0, 0.1) is 0 Å². The Labute approximate surface area is 176 Å². The summed E-state index contributed by atoms with van der Waals surface area (Å²) in [6.45, 7) is 3.13. The molecule has 9 heteroatoms. The molecule has 1 aliphatic rings. The third-order valence-corrected chi connectivity index (χ3v) is 6.01. The summed E-state index contributed by atoms with van der Waals surface area (Å²) in [6, 6.07) is 0. The number of rotatable bonds is 11. The molecule has 2 unspecified atom stereocenters. The molecule has 0 bridgehead atoms. The van der Waals surface area contributed by atoms with Crippen molar-refractivity contribution < 1.29 is 27.2 Å². The summed E-state index contributed by atoms with van der Waals surface area (Å²) in [7, 11) is -4.02. The molecule has 1 radical (unpaired) electrons. The van der Waals surface area contributed by atoms with E-state index < -0.39 is 15.4 Å². The van der Waals surface area contributed by atoms with Crippen LogP contribution in [-0.4, -0.2) is 73.7 Å². The fourth-order valence-corrected chi connectivity index (χ4v) is 4.14. The predicted octanol–water partition coefficient (Wildman–Crippen LogP) is 3.14. The van der Waals surface area contributed by atoms with Crippen molar-refractivity contribution in [1.29, 1.82) is 0 Å². The summed E-state index contributed by atoms with van der Waals surface area (Å²) in [5.74, 6) is 1.49. The smallest absolute Gasteiger partial charge is 0.267 e. The fourth-order valence-electron chi connectivity index (χ4n) is 2.61. The first-order valence-corrected chi connectivity index (χ1v) is 10.8. The van der Waals surface area contributed by atoms with Crippen molar-refractivity contribution in [1.82, 2.24) is 0 Å². The van der Waals surface area contributed by atoms with Crippen LogP contribution in [0.5, 0.6) is 11.5 Å². The van der Waals surface area contributed by atoms with E-state index in [2.05, 4.69) is 6.92 Å². The number of ether oxygens (including phenoxy) is 3. The maximum absolute atomic E-state index is 11.5. The van der Waals surface area contributed by atoms with Gasteiger partial charge in [-0.2, -0.15) is 8.42 Å². The first-order valence-electron chi connectivity index (χ1n) is 8.40. The van der Waals surface area contributed by atoms with Gasteiger partial charge in [0.05, 0.1) is 11.9 Å². The number of hydrogen-bond acceptors (Lipinski definition) is 6. The molecule has 1 N–H and O–H groups in total. The number of thiophene rings is 1. The maximum Gasteiger partial charge on any atom is 0.267 e. The van der Waals surface area contributed by atoms with Gasteiger partial charge in [0.25, 0.3) is 10.1 Å². The molecule has 2 heterocycles. The van der Waals surface area contributed by atoms with Crippen molar-refractivity contribution >= 4 is 51.0 Å². The van der Waals surface area contributed by atoms with Crippen molar-refractivity contribution in [2.75, 3.05) is 19.8 Å². The summed E-state index contributed by atoms with van der Waals surface area (Å²) in [6.07, 6.45) is 4.54. The van der Waals surface area contributed by atoms with E-state index in [-0.39, 0.29) is 42.3 Å². The zero-order valence-corrected chi connectivity index (χ0v) is 18.6. The molecule has 0 saturated carbocycles. The Morgan fingerprint density at radius 1 is 1.28 bits per heavy atom. The van der Waals surface area contributed by atoms with Crippen LogP contribution in [0.25, 0.3) is 0 Å². The third-order valence-electron chi connectivity index (χ3n) is 4.00. The van der Waals surface area contributed by atoms with E-state index in [1.807, 2.05) is 10.8 Å². The van der Waals surface area contributed by atoms with Crippen molar-refractivity contribution in [3.8, 4) is 11.5 Å². The van der Waals surface area contributed by atoms with E-state index >= 15 is 0 Å². The van der Waals surface area contributed by atoms with Gasteiger partial charge in [0.15, 0.2) is 17.6 Å². The van der Waals surface area contributed by atoms with E-state index in [4.69, 9.17) is 14.2 Å². The summed E-state index contributed by atoms with van der Waals surface area (Å²) in [4.78, 5) is 0. The fraction of sp³-hybridized carbons (Fsp3) is 0.750. The van der Waals surface area contributed by atoms with Gasteiger partial charge in [-0.15, -0.1) is 11.3 Å². The van der Waals surface area contributed by atoms with Crippen LogP contribution in [0.3, 0.4) is 0 Å². The molecular formula is C16H26NaO6S2. The normalized spacial score (nSPS) is 17.8. The SMILES string of the molecule is CCCCCCC(CCOCC1COc2cscc2O1)S(=O)(=O)O.[Na]. The Bertz CT molecular complexity index is 589. The molecule has 0 aromatic carbocycles. The molecule has 0 saturated heterocycles. The molecule has 25 heavy (non-hydrogen) atoms. The van der Waals surface area contributed by atoms with Crippen LogP contribution in [0.2, 0.25) is 0 Å². The largest absolute Gasteiger partial charge is 0.485 e. The summed E-state index contributed by atoms with van der Waals surface area (Å²) in [5, 5.41) is 3.02. The summed E-state index contributed by atoms with van der Waals surface area (Å²) < 4.78 is 49.1. The minimum absolute atomic E-state index is 0. The van der Waals surface area contributed by atoms with Gasteiger partial charge in [0.2, 0.25) is 0 Å². The quantitative estimate of drug-likeness (QED) is 0.348. The van der Waals surface area contributed by atoms with Gasteiger partial charge in [-0.05, 0) is 12.8 Å². The minimum Gasteiger partial charge on any atom is -0.485 e. The van der Waals surface area contributed by atoms with E-state index in [0.717, 1.165) is 37.2 Å². The monoisotopic (exact) mass is 401 g/mol. The van der Waals surface area contributed by atoms with Gasteiger partial charge in [-0.3, -0.25) is 4.55 Å². The molecule has 1 aromatic heterocycles. The molecule has 2 rings (SSSR count). The van der Waals surface area contributed by atoms with Crippen LogP contribution in [-0.2, 0) is 14.9 Å². The van der Waals surface area contributed by atoms with Crippen molar-refractivity contribution in [3.05, 3.63) is 10.8 Å². The molecule has 139 valence electrons. The Morgan fingerprint density at radius 3 is 2.76 bits per heavy atom. The molecule has 0 amide bonds. The second-order valence-electron chi connectivity index (χ2n) is 6.00. The van der Waals surface area contributed by atoms with E-state index in [1.54, 1.807) is 0 Å². The maximum atomic E-state index is 11.5. The molecule has 0 aliphatic carbocycles. The summed E-state index contributed by atoms with van der Waals surface area (Å²) in [5.41, 5.74) is 0. The molecule has 6 nitrogen and oxygen atoms in total. The van der Waals surface area contributed by atoms with Crippen molar-refractivity contribution in [3.63, 3.8) is 0 Å². The molecule has 0 fully saturated rings.